The molecule has 2 saturated heterocycles. The van der Waals surface area contributed by atoms with Crippen molar-refractivity contribution >= 4 is 11.9 Å². The monoisotopic (exact) mass is 364 g/mol. The topological polar surface area (TPSA) is 64.7 Å². The van der Waals surface area contributed by atoms with Gasteiger partial charge in [0, 0.05) is 32.7 Å². The minimum atomic E-state index is -4.30. The zero-order valence-corrected chi connectivity index (χ0v) is 14.9. The molecule has 0 bridgehead atoms. The van der Waals surface area contributed by atoms with Gasteiger partial charge in [0.2, 0.25) is 5.91 Å². The summed E-state index contributed by atoms with van der Waals surface area (Å²) in [5.74, 6) is -1.56. The van der Waals surface area contributed by atoms with Crippen LogP contribution in [0.3, 0.4) is 0 Å². The van der Waals surface area contributed by atoms with E-state index in [1.807, 2.05) is 4.90 Å². The van der Waals surface area contributed by atoms with Crippen molar-refractivity contribution in [3.05, 3.63) is 0 Å². The van der Waals surface area contributed by atoms with Crippen LogP contribution >= 0.6 is 0 Å². The molecule has 3 amide bonds. The largest absolute Gasteiger partial charge is 0.394 e. The summed E-state index contributed by atoms with van der Waals surface area (Å²) in [6, 6.07) is -0.504. The Morgan fingerprint density at radius 2 is 1.72 bits per heavy atom. The number of hydrogen-bond acceptors (Lipinski definition) is 3. The molecule has 144 valence electrons. The summed E-state index contributed by atoms with van der Waals surface area (Å²) in [5, 5.41) is 5.44. The highest BCUT2D eigenvalue weighted by Gasteiger charge is 2.56. The van der Waals surface area contributed by atoms with E-state index in [0.29, 0.717) is 32.5 Å². The maximum atomic E-state index is 13.1. The molecule has 0 radical (unpaired) electrons. The van der Waals surface area contributed by atoms with Crippen molar-refractivity contribution in [1.29, 1.82) is 0 Å². The summed E-state index contributed by atoms with van der Waals surface area (Å²) in [4.78, 5) is 27.2. The molecule has 2 aliphatic heterocycles. The molecule has 0 aromatic heterocycles. The molecular weight excluding hydrogens is 337 g/mol. The molecule has 0 aliphatic carbocycles. The number of nitrogens with one attached hydrogen (secondary N) is 2. The summed E-state index contributed by atoms with van der Waals surface area (Å²) in [6.45, 7) is 4.73. The van der Waals surface area contributed by atoms with E-state index in [1.54, 1.807) is 7.05 Å². The summed E-state index contributed by atoms with van der Waals surface area (Å²) in [5.41, 5.74) is -1.25. The van der Waals surface area contributed by atoms with Crippen LogP contribution in [0.5, 0.6) is 0 Å². The van der Waals surface area contributed by atoms with Crippen molar-refractivity contribution in [3.8, 4) is 0 Å². The van der Waals surface area contributed by atoms with Gasteiger partial charge < -0.3 is 15.5 Å². The van der Waals surface area contributed by atoms with Crippen LogP contribution in [-0.2, 0) is 4.79 Å². The Bertz CT molecular complexity index is 502. The van der Waals surface area contributed by atoms with Gasteiger partial charge in [-0.2, -0.15) is 13.2 Å². The first kappa shape index (κ1) is 19.8. The lowest BCUT2D eigenvalue weighted by Crippen LogP contribution is -2.56. The highest BCUT2D eigenvalue weighted by molar-refractivity contribution is 5.77. The number of piperidine rings is 1. The van der Waals surface area contributed by atoms with Crippen molar-refractivity contribution in [1.82, 2.24) is 20.4 Å². The smallest absolute Gasteiger partial charge is 0.358 e. The van der Waals surface area contributed by atoms with Gasteiger partial charge in [0.1, 0.15) is 0 Å². The number of amides is 3. The van der Waals surface area contributed by atoms with E-state index in [2.05, 4.69) is 10.6 Å². The fourth-order valence-electron chi connectivity index (χ4n) is 3.79. The maximum absolute atomic E-state index is 13.1. The average molecular weight is 364 g/mol. The summed E-state index contributed by atoms with van der Waals surface area (Å²) in [7, 11) is 1.58. The SMILES string of the molecule is CNC(=O)CN1CCC(NC(=O)N2CC[C@@H](C(F)(F)F)C2(C)C)CC1. The van der Waals surface area contributed by atoms with E-state index >= 15 is 0 Å². The fraction of sp³-hybridized carbons (Fsp3) is 0.875. The van der Waals surface area contributed by atoms with Gasteiger partial charge in [-0.25, -0.2) is 4.79 Å². The van der Waals surface area contributed by atoms with Gasteiger partial charge in [-0.3, -0.25) is 9.69 Å². The zero-order valence-electron chi connectivity index (χ0n) is 14.9. The quantitative estimate of drug-likeness (QED) is 0.799. The van der Waals surface area contributed by atoms with Crippen molar-refractivity contribution in [2.75, 3.05) is 33.2 Å². The molecule has 0 aromatic rings. The van der Waals surface area contributed by atoms with Gasteiger partial charge in [0.25, 0.3) is 0 Å². The van der Waals surface area contributed by atoms with E-state index in [1.165, 1.54) is 18.7 Å². The number of halogens is 3. The normalized spacial score (nSPS) is 25.0. The van der Waals surface area contributed by atoms with Gasteiger partial charge in [0.05, 0.1) is 18.0 Å². The minimum absolute atomic E-state index is 0.0560. The number of carbonyl (C=O) groups is 2. The number of alkyl halides is 3. The van der Waals surface area contributed by atoms with Crippen molar-refractivity contribution in [2.45, 2.75) is 50.9 Å². The number of likely N-dealkylation sites (tertiary alicyclic amines) is 2. The molecule has 25 heavy (non-hydrogen) atoms. The molecule has 0 saturated carbocycles. The Balaban J connectivity index is 1.86. The number of likely N-dealkylation sites (N-methyl/N-ethyl adjacent to an activating group) is 1. The molecule has 9 heteroatoms. The second-order valence-electron chi connectivity index (χ2n) is 7.36. The first-order valence-electron chi connectivity index (χ1n) is 8.63. The fourth-order valence-corrected chi connectivity index (χ4v) is 3.79. The standard InChI is InChI=1S/C16H27F3N4O2/c1-15(2)12(16(17,18)19)6-9-23(15)14(25)21-11-4-7-22(8-5-11)10-13(24)20-3/h11-12H,4-10H2,1-3H3,(H,20,24)(H,21,25)/t12-/m1/s1. The Hall–Kier alpha value is -1.51. The number of urea groups is 1. The Kier molecular flexibility index (Phi) is 5.86. The molecular formula is C16H27F3N4O2. The van der Waals surface area contributed by atoms with Gasteiger partial charge in [-0.15, -0.1) is 0 Å². The zero-order chi connectivity index (χ0) is 18.8. The van der Waals surface area contributed by atoms with Crippen LogP contribution in [0.4, 0.5) is 18.0 Å². The van der Waals surface area contributed by atoms with E-state index in [0.717, 1.165) is 0 Å². The van der Waals surface area contributed by atoms with Gasteiger partial charge in [-0.05, 0) is 33.1 Å². The number of carbonyl (C=O) groups excluding carboxylic acids is 2. The maximum Gasteiger partial charge on any atom is 0.394 e. The molecule has 2 N–H and O–H groups in total. The average Bonchev–Trinajstić information content (AvgIpc) is 2.84. The highest BCUT2D eigenvalue weighted by atomic mass is 19.4. The molecule has 6 nitrogen and oxygen atoms in total. The number of hydrogen-bond donors (Lipinski definition) is 2. The van der Waals surface area contributed by atoms with Crippen molar-refractivity contribution in [3.63, 3.8) is 0 Å². The Morgan fingerprint density at radius 3 is 2.20 bits per heavy atom. The lowest BCUT2D eigenvalue weighted by Gasteiger charge is -2.38. The molecule has 2 rings (SSSR count). The second kappa shape index (κ2) is 7.39. The molecule has 1 atom stereocenters. The summed E-state index contributed by atoms with van der Waals surface area (Å²) < 4.78 is 39.4. The van der Waals surface area contributed by atoms with Gasteiger partial charge >= 0.3 is 12.2 Å². The van der Waals surface area contributed by atoms with Crippen LogP contribution in [0, 0.1) is 5.92 Å². The van der Waals surface area contributed by atoms with Gasteiger partial charge in [-0.1, -0.05) is 0 Å². The van der Waals surface area contributed by atoms with Crippen molar-refractivity contribution in [2.24, 2.45) is 5.92 Å². The first-order valence-corrected chi connectivity index (χ1v) is 8.63. The summed E-state index contributed by atoms with van der Waals surface area (Å²) in [6.07, 6.45) is -3.00. The van der Waals surface area contributed by atoms with E-state index in [9.17, 15) is 22.8 Å². The lowest BCUT2D eigenvalue weighted by atomic mass is 9.88. The first-order chi connectivity index (χ1) is 11.6. The van der Waals surface area contributed by atoms with E-state index in [-0.39, 0.29) is 24.9 Å². The molecule has 2 aliphatic rings. The van der Waals surface area contributed by atoms with Crippen LogP contribution in [0.25, 0.3) is 0 Å². The molecule has 2 heterocycles. The highest BCUT2D eigenvalue weighted by Crippen LogP contribution is 2.44. The van der Waals surface area contributed by atoms with Crippen LogP contribution in [0.15, 0.2) is 0 Å². The second-order valence-corrected chi connectivity index (χ2v) is 7.36. The number of nitrogens with zero attached hydrogens (tertiary/aromatic N) is 2. The molecule has 0 spiro atoms. The van der Waals surface area contributed by atoms with Crippen LogP contribution < -0.4 is 10.6 Å². The minimum Gasteiger partial charge on any atom is -0.358 e. The molecule has 0 aromatic carbocycles. The third-order valence-electron chi connectivity index (χ3n) is 5.39. The van der Waals surface area contributed by atoms with Crippen molar-refractivity contribution < 1.29 is 22.8 Å². The summed E-state index contributed by atoms with van der Waals surface area (Å²) >= 11 is 0. The Morgan fingerprint density at radius 1 is 1.12 bits per heavy atom. The van der Waals surface area contributed by atoms with E-state index < -0.39 is 23.7 Å². The predicted octanol–water partition coefficient (Wildman–Crippen LogP) is 1.57. The van der Waals surface area contributed by atoms with Crippen LogP contribution in [0.2, 0.25) is 0 Å². The number of rotatable bonds is 3. The molecule has 2 fully saturated rings. The predicted molar refractivity (Wildman–Crippen MR) is 87.0 cm³/mol. The van der Waals surface area contributed by atoms with Crippen LogP contribution in [-0.4, -0.2) is 72.7 Å². The Labute approximate surface area is 146 Å². The van der Waals surface area contributed by atoms with E-state index in [4.69, 9.17) is 0 Å². The molecule has 0 unspecified atom stereocenters. The lowest BCUT2D eigenvalue weighted by molar-refractivity contribution is -0.189. The third-order valence-corrected chi connectivity index (χ3v) is 5.39. The van der Waals surface area contributed by atoms with Gasteiger partial charge in [0.15, 0.2) is 0 Å². The van der Waals surface area contributed by atoms with Crippen LogP contribution in [0.1, 0.15) is 33.1 Å². The third kappa shape index (κ3) is 4.56.